The second kappa shape index (κ2) is 3.47. The standard InChI is InChI=1S/C9H6BrN3O2/c10-5-1-2-7-6(3-5)9(11)8(4-12-7)13(14)15/h1-4H,(H2,11,12). The van der Waals surface area contributed by atoms with E-state index in [0.717, 1.165) is 4.47 Å². The number of hydrogen-bond donors (Lipinski definition) is 1. The van der Waals surface area contributed by atoms with Gasteiger partial charge in [0.2, 0.25) is 0 Å². The van der Waals surface area contributed by atoms with Crippen LogP contribution in [-0.2, 0) is 0 Å². The maximum absolute atomic E-state index is 10.6. The molecule has 2 aromatic rings. The highest BCUT2D eigenvalue weighted by Crippen LogP contribution is 2.30. The molecule has 0 fully saturated rings. The van der Waals surface area contributed by atoms with Gasteiger partial charge in [-0.05, 0) is 18.2 Å². The Labute approximate surface area is 93.2 Å². The van der Waals surface area contributed by atoms with Gasteiger partial charge in [-0.2, -0.15) is 0 Å². The minimum absolute atomic E-state index is 0.145. The Hall–Kier alpha value is -1.69. The summed E-state index contributed by atoms with van der Waals surface area (Å²) in [6.45, 7) is 0. The summed E-state index contributed by atoms with van der Waals surface area (Å²) in [6, 6.07) is 5.27. The van der Waals surface area contributed by atoms with Crippen LogP contribution in [-0.4, -0.2) is 9.91 Å². The van der Waals surface area contributed by atoms with Gasteiger partial charge in [-0.15, -0.1) is 0 Å². The highest BCUT2D eigenvalue weighted by Gasteiger charge is 2.14. The van der Waals surface area contributed by atoms with Gasteiger partial charge >= 0.3 is 5.69 Å². The van der Waals surface area contributed by atoms with E-state index in [4.69, 9.17) is 5.73 Å². The Morgan fingerprint density at radius 1 is 1.47 bits per heavy atom. The Balaban J connectivity index is 2.82. The topological polar surface area (TPSA) is 82.0 Å². The van der Waals surface area contributed by atoms with E-state index in [-0.39, 0.29) is 11.4 Å². The monoisotopic (exact) mass is 267 g/mol. The number of aromatic nitrogens is 1. The lowest BCUT2D eigenvalue weighted by Crippen LogP contribution is -1.97. The molecule has 0 aliphatic heterocycles. The number of nitrogens with zero attached hydrogens (tertiary/aromatic N) is 2. The van der Waals surface area contributed by atoms with Crippen molar-refractivity contribution >= 4 is 38.2 Å². The van der Waals surface area contributed by atoms with Crippen LogP contribution >= 0.6 is 15.9 Å². The number of rotatable bonds is 1. The van der Waals surface area contributed by atoms with Crippen LogP contribution in [0.2, 0.25) is 0 Å². The van der Waals surface area contributed by atoms with Crippen molar-refractivity contribution in [3.05, 3.63) is 39.0 Å². The molecular formula is C9H6BrN3O2. The van der Waals surface area contributed by atoms with Gasteiger partial charge in [-0.3, -0.25) is 10.1 Å². The molecule has 1 aromatic carbocycles. The summed E-state index contributed by atoms with van der Waals surface area (Å²) >= 11 is 3.27. The van der Waals surface area contributed by atoms with Crippen LogP contribution in [0.1, 0.15) is 0 Å². The zero-order chi connectivity index (χ0) is 11.0. The summed E-state index contributed by atoms with van der Waals surface area (Å²) in [4.78, 5) is 14.0. The average molecular weight is 268 g/mol. The highest BCUT2D eigenvalue weighted by molar-refractivity contribution is 9.10. The van der Waals surface area contributed by atoms with Crippen molar-refractivity contribution in [1.82, 2.24) is 4.98 Å². The van der Waals surface area contributed by atoms with Crippen molar-refractivity contribution in [2.45, 2.75) is 0 Å². The third kappa shape index (κ3) is 1.63. The molecule has 2 rings (SSSR count). The predicted molar refractivity (Wildman–Crippen MR) is 60.5 cm³/mol. The molecule has 0 unspecified atom stereocenters. The van der Waals surface area contributed by atoms with Crippen LogP contribution in [0.5, 0.6) is 0 Å². The quantitative estimate of drug-likeness (QED) is 0.636. The summed E-state index contributed by atoms with van der Waals surface area (Å²) in [7, 11) is 0. The Bertz CT molecular complexity index is 556. The van der Waals surface area contributed by atoms with E-state index in [9.17, 15) is 10.1 Å². The SMILES string of the molecule is Nc1c([N+](=O)[O-])cnc2ccc(Br)cc12. The number of hydrogen-bond acceptors (Lipinski definition) is 4. The average Bonchev–Trinajstić information content (AvgIpc) is 2.19. The first-order valence-electron chi connectivity index (χ1n) is 4.07. The molecular weight excluding hydrogens is 262 g/mol. The van der Waals surface area contributed by atoms with Gasteiger partial charge in [0, 0.05) is 9.86 Å². The Morgan fingerprint density at radius 3 is 2.87 bits per heavy atom. The van der Waals surface area contributed by atoms with E-state index in [1.165, 1.54) is 6.20 Å². The Morgan fingerprint density at radius 2 is 2.20 bits per heavy atom. The minimum Gasteiger partial charge on any atom is -0.393 e. The minimum atomic E-state index is -0.539. The Kier molecular flexibility index (Phi) is 2.28. The third-order valence-electron chi connectivity index (χ3n) is 2.05. The number of fused-ring (bicyclic) bond motifs is 1. The molecule has 15 heavy (non-hydrogen) atoms. The van der Waals surface area contributed by atoms with Gasteiger partial charge in [0.25, 0.3) is 0 Å². The summed E-state index contributed by atoms with van der Waals surface area (Å²) < 4.78 is 0.809. The van der Waals surface area contributed by atoms with E-state index in [0.29, 0.717) is 10.9 Å². The van der Waals surface area contributed by atoms with Crippen LogP contribution < -0.4 is 5.73 Å². The molecule has 0 saturated carbocycles. The van der Waals surface area contributed by atoms with Crippen LogP contribution in [0.25, 0.3) is 10.9 Å². The first kappa shape index (κ1) is 9.85. The molecule has 0 bridgehead atoms. The number of nitrogen functional groups attached to an aromatic ring is 1. The smallest absolute Gasteiger partial charge is 0.310 e. The molecule has 5 nitrogen and oxygen atoms in total. The molecule has 0 aliphatic rings. The molecule has 0 aliphatic carbocycles. The van der Waals surface area contributed by atoms with Crippen molar-refractivity contribution in [2.75, 3.05) is 5.73 Å². The van der Waals surface area contributed by atoms with Gasteiger partial charge in [0.1, 0.15) is 11.9 Å². The van der Waals surface area contributed by atoms with E-state index >= 15 is 0 Å². The molecule has 1 aromatic heterocycles. The summed E-state index contributed by atoms with van der Waals surface area (Å²) in [5.41, 5.74) is 6.31. The number of pyridine rings is 1. The van der Waals surface area contributed by atoms with Crippen LogP contribution in [0.15, 0.2) is 28.9 Å². The molecule has 0 radical (unpaired) electrons. The summed E-state index contributed by atoms with van der Waals surface area (Å²) in [5.74, 6) is 0. The maximum atomic E-state index is 10.6. The van der Waals surface area contributed by atoms with Gasteiger partial charge in [-0.1, -0.05) is 15.9 Å². The zero-order valence-corrected chi connectivity index (χ0v) is 9.06. The lowest BCUT2D eigenvalue weighted by Gasteiger charge is -2.02. The van der Waals surface area contributed by atoms with Crippen molar-refractivity contribution in [3.8, 4) is 0 Å². The summed E-state index contributed by atoms with van der Waals surface area (Å²) in [6.07, 6.45) is 1.17. The molecule has 6 heteroatoms. The molecule has 0 spiro atoms. The molecule has 76 valence electrons. The lowest BCUT2D eigenvalue weighted by molar-refractivity contribution is -0.384. The van der Waals surface area contributed by atoms with E-state index in [2.05, 4.69) is 20.9 Å². The second-order valence-corrected chi connectivity index (χ2v) is 3.89. The van der Waals surface area contributed by atoms with E-state index in [1.54, 1.807) is 18.2 Å². The van der Waals surface area contributed by atoms with Crippen molar-refractivity contribution < 1.29 is 4.92 Å². The van der Waals surface area contributed by atoms with Crippen molar-refractivity contribution in [3.63, 3.8) is 0 Å². The van der Waals surface area contributed by atoms with Gasteiger partial charge in [0.05, 0.1) is 10.4 Å². The number of halogens is 1. The largest absolute Gasteiger partial charge is 0.393 e. The number of anilines is 1. The fourth-order valence-electron chi connectivity index (χ4n) is 1.32. The van der Waals surface area contributed by atoms with Gasteiger partial charge < -0.3 is 5.73 Å². The zero-order valence-electron chi connectivity index (χ0n) is 7.48. The predicted octanol–water partition coefficient (Wildman–Crippen LogP) is 2.49. The first-order valence-corrected chi connectivity index (χ1v) is 4.87. The fourth-order valence-corrected chi connectivity index (χ4v) is 1.68. The molecule has 0 atom stereocenters. The third-order valence-corrected chi connectivity index (χ3v) is 2.54. The number of benzene rings is 1. The summed E-state index contributed by atoms with van der Waals surface area (Å²) in [5, 5.41) is 11.2. The molecule has 0 saturated heterocycles. The first-order chi connectivity index (χ1) is 7.09. The number of nitro groups is 1. The van der Waals surface area contributed by atoms with Crippen LogP contribution in [0, 0.1) is 10.1 Å². The normalized spacial score (nSPS) is 10.5. The van der Waals surface area contributed by atoms with Crippen LogP contribution in [0.3, 0.4) is 0 Å². The molecule has 0 amide bonds. The second-order valence-electron chi connectivity index (χ2n) is 2.98. The van der Waals surface area contributed by atoms with Gasteiger partial charge in [-0.25, -0.2) is 4.98 Å². The van der Waals surface area contributed by atoms with E-state index in [1.807, 2.05) is 0 Å². The highest BCUT2D eigenvalue weighted by atomic mass is 79.9. The number of nitrogens with two attached hydrogens (primary N) is 1. The fraction of sp³-hybridized carbons (Fsp3) is 0. The molecule has 2 N–H and O–H groups in total. The molecule has 1 heterocycles. The van der Waals surface area contributed by atoms with Crippen molar-refractivity contribution in [2.24, 2.45) is 0 Å². The van der Waals surface area contributed by atoms with Gasteiger partial charge in [0.15, 0.2) is 0 Å². The lowest BCUT2D eigenvalue weighted by atomic mass is 10.2. The van der Waals surface area contributed by atoms with E-state index < -0.39 is 4.92 Å². The van der Waals surface area contributed by atoms with Crippen molar-refractivity contribution in [1.29, 1.82) is 0 Å². The van der Waals surface area contributed by atoms with Crippen LogP contribution in [0.4, 0.5) is 11.4 Å². The maximum Gasteiger partial charge on any atom is 0.310 e.